The van der Waals surface area contributed by atoms with Crippen LogP contribution in [0.5, 0.6) is 5.75 Å². The Hall–Kier alpha value is -3.04. The molecule has 0 bridgehead atoms. The Morgan fingerprint density at radius 2 is 1.78 bits per heavy atom. The number of hydrogen-bond acceptors (Lipinski definition) is 5. The van der Waals surface area contributed by atoms with Crippen LogP contribution >= 0.6 is 11.6 Å². The van der Waals surface area contributed by atoms with E-state index in [0.29, 0.717) is 22.0 Å². The van der Waals surface area contributed by atoms with Crippen molar-refractivity contribution in [3.8, 4) is 11.8 Å². The van der Waals surface area contributed by atoms with Crippen LogP contribution in [0.1, 0.15) is 25.0 Å². The van der Waals surface area contributed by atoms with Crippen LogP contribution in [0, 0.1) is 18.3 Å². The van der Waals surface area contributed by atoms with Crippen LogP contribution < -0.4 is 10.1 Å². The van der Waals surface area contributed by atoms with Crippen LogP contribution in [-0.2, 0) is 14.3 Å². The van der Waals surface area contributed by atoms with Gasteiger partial charge in [0.25, 0.3) is 5.91 Å². The lowest BCUT2D eigenvalue weighted by atomic mass is 10.2. The molecule has 0 radical (unpaired) electrons. The summed E-state index contributed by atoms with van der Waals surface area (Å²) in [6.45, 7) is 4.82. The second-order valence-electron chi connectivity index (χ2n) is 5.92. The van der Waals surface area contributed by atoms with Gasteiger partial charge < -0.3 is 14.8 Å². The molecule has 0 aliphatic heterocycles. The zero-order valence-corrected chi connectivity index (χ0v) is 15.9. The molecule has 0 fully saturated rings. The molecule has 0 saturated carbocycles. The number of esters is 1. The Morgan fingerprint density at radius 1 is 1.11 bits per heavy atom. The molecule has 0 unspecified atom stereocenters. The highest BCUT2D eigenvalue weighted by Gasteiger charge is 2.23. The number of nitrogens with one attached hydrogen (secondary N) is 1. The molecule has 1 amide bonds. The average molecular weight is 387 g/mol. The molecule has 0 spiro atoms. The monoisotopic (exact) mass is 386 g/mol. The number of carbonyl (C=O) groups excluding carboxylic acids is 2. The third-order valence-electron chi connectivity index (χ3n) is 3.75. The fraction of sp³-hybridized carbons (Fsp3) is 0.250. The van der Waals surface area contributed by atoms with Gasteiger partial charge >= 0.3 is 5.97 Å². The van der Waals surface area contributed by atoms with E-state index in [4.69, 9.17) is 26.3 Å². The molecule has 2 aromatic carbocycles. The lowest BCUT2D eigenvalue weighted by Gasteiger charge is -2.18. The summed E-state index contributed by atoms with van der Waals surface area (Å²) in [5.41, 5.74) is 1.88. The minimum atomic E-state index is -1.01. The number of anilines is 1. The van der Waals surface area contributed by atoms with Gasteiger partial charge in [-0.15, -0.1) is 0 Å². The third kappa shape index (κ3) is 5.73. The van der Waals surface area contributed by atoms with E-state index in [9.17, 15) is 9.59 Å². The quantitative estimate of drug-likeness (QED) is 0.761. The largest absolute Gasteiger partial charge is 0.479 e. The first-order valence-corrected chi connectivity index (χ1v) is 8.62. The van der Waals surface area contributed by atoms with Gasteiger partial charge in [-0.05, 0) is 62.7 Å². The molecule has 0 aliphatic carbocycles. The molecular weight excluding hydrogens is 368 g/mol. The highest BCUT2D eigenvalue weighted by atomic mass is 35.5. The Kier molecular flexibility index (Phi) is 6.80. The number of rotatable bonds is 6. The predicted octanol–water partition coefficient (Wildman–Crippen LogP) is 3.86. The zero-order valence-electron chi connectivity index (χ0n) is 15.2. The maximum Gasteiger partial charge on any atom is 0.347 e. The van der Waals surface area contributed by atoms with E-state index < -0.39 is 24.1 Å². The van der Waals surface area contributed by atoms with E-state index in [2.05, 4.69) is 5.32 Å². The molecule has 1 N–H and O–H groups in total. The number of aryl methyl sites for hydroxylation is 1. The van der Waals surface area contributed by atoms with Crippen molar-refractivity contribution in [3.05, 3.63) is 58.6 Å². The summed E-state index contributed by atoms with van der Waals surface area (Å²) in [6.07, 6.45) is -1.93. The van der Waals surface area contributed by atoms with Gasteiger partial charge in [0.05, 0.1) is 11.6 Å². The maximum atomic E-state index is 12.3. The fourth-order valence-electron chi connectivity index (χ4n) is 2.15. The number of carbonyl (C=O) groups is 2. The van der Waals surface area contributed by atoms with E-state index in [0.717, 1.165) is 5.56 Å². The number of hydrogen-bond donors (Lipinski definition) is 1. The van der Waals surface area contributed by atoms with E-state index in [1.54, 1.807) is 42.5 Å². The number of amides is 1. The Balaban J connectivity index is 1.92. The third-order valence-corrected chi connectivity index (χ3v) is 3.98. The first-order chi connectivity index (χ1) is 12.8. The molecule has 2 rings (SSSR count). The number of benzene rings is 2. The van der Waals surface area contributed by atoms with Gasteiger partial charge in [0.15, 0.2) is 12.2 Å². The van der Waals surface area contributed by atoms with Crippen molar-refractivity contribution >= 4 is 29.2 Å². The number of nitriles is 1. The molecule has 0 saturated heterocycles. The summed E-state index contributed by atoms with van der Waals surface area (Å²) in [5, 5.41) is 12.0. The normalized spacial score (nSPS) is 12.4. The number of ether oxygens (including phenoxy) is 2. The van der Waals surface area contributed by atoms with Gasteiger partial charge in [-0.2, -0.15) is 5.26 Å². The molecule has 0 aliphatic rings. The SMILES string of the molecule is Cc1ccc(Cl)cc1NC(=O)[C@H](C)OC(=O)[C@H](C)Oc1ccc(C#N)cc1. The molecule has 140 valence electrons. The number of halogens is 1. The minimum absolute atomic E-state index is 0.421. The van der Waals surface area contributed by atoms with Gasteiger partial charge in [0.2, 0.25) is 0 Å². The van der Waals surface area contributed by atoms with Crippen LogP contribution in [-0.4, -0.2) is 24.1 Å². The maximum absolute atomic E-state index is 12.3. The average Bonchev–Trinajstić information content (AvgIpc) is 2.65. The molecule has 27 heavy (non-hydrogen) atoms. The van der Waals surface area contributed by atoms with Gasteiger partial charge in [-0.3, -0.25) is 4.79 Å². The van der Waals surface area contributed by atoms with Crippen molar-refractivity contribution in [1.29, 1.82) is 5.26 Å². The second kappa shape index (κ2) is 9.06. The van der Waals surface area contributed by atoms with Crippen LogP contribution in [0.3, 0.4) is 0 Å². The van der Waals surface area contributed by atoms with Gasteiger partial charge in [-0.25, -0.2) is 4.79 Å². The standard InChI is InChI=1S/C20H19ClN2O4/c1-12-4-7-16(21)10-18(12)23-19(24)13(2)27-20(25)14(3)26-17-8-5-15(11-22)6-9-17/h4-10,13-14H,1-3H3,(H,23,24)/t13-,14-/m0/s1. The molecular formula is C20H19ClN2O4. The number of nitrogens with zero attached hydrogens (tertiary/aromatic N) is 1. The molecule has 6 nitrogen and oxygen atoms in total. The fourth-order valence-corrected chi connectivity index (χ4v) is 2.32. The predicted molar refractivity (Wildman–Crippen MR) is 102 cm³/mol. The highest BCUT2D eigenvalue weighted by molar-refractivity contribution is 6.31. The summed E-state index contributed by atoms with van der Waals surface area (Å²) in [7, 11) is 0. The van der Waals surface area contributed by atoms with Crippen LogP contribution in [0.2, 0.25) is 5.02 Å². The van der Waals surface area contributed by atoms with Gasteiger partial charge in [-0.1, -0.05) is 17.7 Å². The van der Waals surface area contributed by atoms with Gasteiger partial charge in [0, 0.05) is 10.7 Å². The summed E-state index contributed by atoms with van der Waals surface area (Å²) >= 11 is 5.93. The van der Waals surface area contributed by atoms with Crippen molar-refractivity contribution in [3.63, 3.8) is 0 Å². The van der Waals surface area contributed by atoms with Crippen molar-refractivity contribution in [2.75, 3.05) is 5.32 Å². The lowest BCUT2D eigenvalue weighted by Crippen LogP contribution is -2.35. The molecule has 2 aromatic rings. The van der Waals surface area contributed by atoms with Crippen LogP contribution in [0.15, 0.2) is 42.5 Å². The van der Waals surface area contributed by atoms with Crippen LogP contribution in [0.4, 0.5) is 5.69 Å². The van der Waals surface area contributed by atoms with E-state index in [1.807, 2.05) is 13.0 Å². The van der Waals surface area contributed by atoms with Crippen LogP contribution in [0.25, 0.3) is 0 Å². The molecule has 2 atom stereocenters. The summed E-state index contributed by atoms with van der Waals surface area (Å²) in [4.78, 5) is 24.4. The van der Waals surface area contributed by atoms with Crippen molar-refractivity contribution in [2.24, 2.45) is 0 Å². The topological polar surface area (TPSA) is 88.4 Å². The Bertz CT molecular complexity index is 875. The highest BCUT2D eigenvalue weighted by Crippen LogP contribution is 2.20. The Labute approximate surface area is 162 Å². The first kappa shape index (κ1) is 20.3. The summed E-state index contributed by atoms with van der Waals surface area (Å²) < 4.78 is 10.6. The van der Waals surface area contributed by atoms with Crippen molar-refractivity contribution in [1.82, 2.24) is 0 Å². The summed E-state index contributed by atoms with van der Waals surface area (Å²) in [6, 6.07) is 13.4. The minimum Gasteiger partial charge on any atom is -0.479 e. The summed E-state index contributed by atoms with van der Waals surface area (Å²) in [5.74, 6) is -0.728. The van der Waals surface area contributed by atoms with E-state index in [1.165, 1.54) is 13.8 Å². The molecule has 7 heteroatoms. The zero-order chi connectivity index (χ0) is 20.0. The Morgan fingerprint density at radius 3 is 2.41 bits per heavy atom. The molecule has 0 heterocycles. The lowest BCUT2D eigenvalue weighted by molar-refractivity contribution is -0.159. The van der Waals surface area contributed by atoms with Crippen molar-refractivity contribution in [2.45, 2.75) is 33.0 Å². The van der Waals surface area contributed by atoms with Gasteiger partial charge in [0.1, 0.15) is 5.75 Å². The van der Waals surface area contributed by atoms with E-state index >= 15 is 0 Å². The van der Waals surface area contributed by atoms with Crippen molar-refractivity contribution < 1.29 is 19.1 Å². The second-order valence-corrected chi connectivity index (χ2v) is 6.36. The molecule has 0 aromatic heterocycles. The smallest absolute Gasteiger partial charge is 0.347 e. The first-order valence-electron chi connectivity index (χ1n) is 8.24. The van der Waals surface area contributed by atoms with E-state index in [-0.39, 0.29) is 0 Å².